The number of carbonyl (C=O) groups excluding carboxylic acids is 1. The predicted octanol–water partition coefficient (Wildman–Crippen LogP) is 4.58. The minimum absolute atomic E-state index is 0.171. The van der Waals surface area contributed by atoms with E-state index in [9.17, 15) is 4.79 Å². The lowest BCUT2D eigenvalue weighted by Gasteiger charge is -2.20. The van der Waals surface area contributed by atoms with Gasteiger partial charge in [-0.3, -0.25) is 4.79 Å². The number of fused-ring (bicyclic) bond motifs is 1. The van der Waals surface area contributed by atoms with E-state index in [1.165, 1.54) is 0 Å². The lowest BCUT2D eigenvalue weighted by molar-refractivity contribution is 0.0936. The monoisotopic (exact) mass is 433 g/mol. The van der Waals surface area contributed by atoms with Gasteiger partial charge in [-0.05, 0) is 60.0 Å². The first-order chi connectivity index (χ1) is 15.7. The molecule has 0 saturated heterocycles. The molecular formula is C26H27NO5. The summed E-state index contributed by atoms with van der Waals surface area (Å²) in [6.07, 6.45) is 1.45. The second-order valence-corrected chi connectivity index (χ2v) is 7.56. The van der Waals surface area contributed by atoms with E-state index < -0.39 is 0 Å². The number of amides is 1. The first-order valence-electron chi connectivity index (χ1n) is 10.6. The second kappa shape index (κ2) is 10.1. The number of hydrogen-bond donors (Lipinski definition) is 1. The normalized spacial score (nSPS) is 13.6. The minimum atomic E-state index is -0.224. The van der Waals surface area contributed by atoms with Gasteiger partial charge in [0.2, 0.25) is 0 Å². The van der Waals surface area contributed by atoms with Crippen LogP contribution in [-0.2, 0) is 6.42 Å². The summed E-state index contributed by atoms with van der Waals surface area (Å²) in [5.74, 6) is 2.67. The Morgan fingerprint density at radius 3 is 2.16 bits per heavy atom. The molecule has 0 spiro atoms. The summed E-state index contributed by atoms with van der Waals surface area (Å²) in [7, 11) is 3.28. The van der Waals surface area contributed by atoms with E-state index >= 15 is 0 Å². The molecular weight excluding hydrogens is 406 g/mol. The molecule has 0 saturated carbocycles. The van der Waals surface area contributed by atoms with Gasteiger partial charge in [0, 0.05) is 12.0 Å². The van der Waals surface area contributed by atoms with Crippen LogP contribution in [0.5, 0.6) is 23.0 Å². The van der Waals surface area contributed by atoms with Crippen LogP contribution in [0.15, 0.2) is 66.7 Å². The Labute approximate surface area is 188 Å². The molecule has 1 atom stereocenters. The van der Waals surface area contributed by atoms with Crippen LogP contribution in [0.4, 0.5) is 0 Å². The molecule has 3 aromatic carbocycles. The SMILES string of the molecule is COc1ccc(CC(NC(=O)c2ccc3c(c2)OCCCO3)c2ccc(OC)cc2)cc1. The molecule has 1 amide bonds. The van der Waals surface area contributed by atoms with E-state index in [0.29, 0.717) is 36.7 Å². The first kappa shape index (κ1) is 21.6. The van der Waals surface area contributed by atoms with Crippen molar-refractivity contribution in [2.24, 2.45) is 0 Å². The van der Waals surface area contributed by atoms with Crippen LogP contribution in [-0.4, -0.2) is 33.3 Å². The van der Waals surface area contributed by atoms with Crippen molar-refractivity contribution in [2.75, 3.05) is 27.4 Å². The largest absolute Gasteiger partial charge is 0.497 e. The van der Waals surface area contributed by atoms with Crippen LogP contribution in [0.2, 0.25) is 0 Å². The third-order valence-corrected chi connectivity index (χ3v) is 5.43. The van der Waals surface area contributed by atoms with Gasteiger partial charge in [-0.25, -0.2) is 0 Å². The van der Waals surface area contributed by atoms with Crippen LogP contribution in [0.1, 0.15) is 33.9 Å². The average molecular weight is 434 g/mol. The Morgan fingerprint density at radius 2 is 1.50 bits per heavy atom. The van der Waals surface area contributed by atoms with Crippen molar-refractivity contribution < 1.29 is 23.7 Å². The number of benzene rings is 3. The molecule has 0 bridgehead atoms. The van der Waals surface area contributed by atoms with Gasteiger partial charge in [0.05, 0.1) is 33.5 Å². The minimum Gasteiger partial charge on any atom is -0.497 e. The van der Waals surface area contributed by atoms with Gasteiger partial charge in [0.1, 0.15) is 11.5 Å². The molecule has 1 aliphatic heterocycles. The van der Waals surface area contributed by atoms with Crippen molar-refractivity contribution >= 4 is 5.91 Å². The van der Waals surface area contributed by atoms with E-state index in [0.717, 1.165) is 29.0 Å². The van der Waals surface area contributed by atoms with E-state index in [1.807, 2.05) is 48.5 Å². The fraction of sp³-hybridized carbons (Fsp3) is 0.269. The van der Waals surface area contributed by atoms with Crippen molar-refractivity contribution in [3.63, 3.8) is 0 Å². The van der Waals surface area contributed by atoms with Gasteiger partial charge in [-0.1, -0.05) is 24.3 Å². The molecule has 1 unspecified atom stereocenters. The zero-order chi connectivity index (χ0) is 22.3. The van der Waals surface area contributed by atoms with Crippen LogP contribution >= 0.6 is 0 Å². The molecule has 6 heteroatoms. The maximum atomic E-state index is 13.2. The fourth-order valence-corrected chi connectivity index (χ4v) is 3.63. The predicted molar refractivity (Wildman–Crippen MR) is 122 cm³/mol. The molecule has 0 aromatic heterocycles. The van der Waals surface area contributed by atoms with Crippen molar-refractivity contribution in [3.8, 4) is 23.0 Å². The maximum Gasteiger partial charge on any atom is 0.251 e. The van der Waals surface area contributed by atoms with Gasteiger partial charge in [-0.15, -0.1) is 0 Å². The summed E-state index contributed by atoms with van der Waals surface area (Å²) in [5, 5.41) is 3.18. The highest BCUT2D eigenvalue weighted by atomic mass is 16.5. The fourth-order valence-electron chi connectivity index (χ4n) is 3.63. The highest BCUT2D eigenvalue weighted by molar-refractivity contribution is 5.95. The Balaban J connectivity index is 1.57. The number of hydrogen-bond acceptors (Lipinski definition) is 5. The lowest BCUT2D eigenvalue weighted by Crippen LogP contribution is -2.30. The average Bonchev–Trinajstić information content (AvgIpc) is 3.09. The van der Waals surface area contributed by atoms with E-state index in [4.69, 9.17) is 18.9 Å². The summed E-state index contributed by atoms with van der Waals surface area (Å²) in [4.78, 5) is 13.2. The number of ether oxygens (including phenoxy) is 4. The Morgan fingerprint density at radius 1 is 0.875 bits per heavy atom. The van der Waals surface area contributed by atoms with E-state index in [-0.39, 0.29) is 11.9 Å². The number of methoxy groups -OCH3 is 2. The van der Waals surface area contributed by atoms with Crippen LogP contribution in [0, 0.1) is 0 Å². The van der Waals surface area contributed by atoms with Crippen molar-refractivity contribution in [3.05, 3.63) is 83.4 Å². The van der Waals surface area contributed by atoms with E-state index in [2.05, 4.69) is 5.32 Å². The van der Waals surface area contributed by atoms with Gasteiger partial charge in [-0.2, -0.15) is 0 Å². The zero-order valence-corrected chi connectivity index (χ0v) is 18.3. The van der Waals surface area contributed by atoms with Gasteiger partial charge in [0.25, 0.3) is 5.91 Å². The summed E-state index contributed by atoms with van der Waals surface area (Å²) >= 11 is 0. The third-order valence-electron chi connectivity index (χ3n) is 5.43. The molecule has 1 heterocycles. The van der Waals surface area contributed by atoms with Crippen LogP contribution in [0.3, 0.4) is 0 Å². The molecule has 1 aliphatic rings. The van der Waals surface area contributed by atoms with Crippen molar-refractivity contribution in [1.29, 1.82) is 0 Å². The number of carbonyl (C=O) groups is 1. The topological polar surface area (TPSA) is 66.0 Å². The van der Waals surface area contributed by atoms with Crippen LogP contribution in [0.25, 0.3) is 0 Å². The Hall–Kier alpha value is -3.67. The Bertz CT molecular complexity index is 1050. The molecule has 4 rings (SSSR count). The molecule has 0 fully saturated rings. The van der Waals surface area contributed by atoms with Gasteiger partial charge < -0.3 is 24.3 Å². The summed E-state index contributed by atoms with van der Waals surface area (Å²) in [5.41, 5.74) is 2.61. The van der Waals surface area contributed by atoms with Crippen molar-refractivity contribution in [1.82, 2.24) is 5.32 Å². The molecule has 0 radical (unpaired) electrons. The van der Waals surface area contributed by atoms with Crippen molar-refractivity contribution in [2.45, 2.75) is 18.9 Å². The quantitative estimate of drug-likeness (QED) is 0.591. The first-order valence-corrected chi connectivity index (χ1v) is 10.6. The smallest absolute Gasteiger partial charge is 0.251 e. The second-order valence-electron chi connectivity index (χ2n) is 7.56. The maximum absolute atomic E-state index is 13.2. The lowest BCUT2D eigenvalue weighted by atomic mass is 9.98. The highest BCUT2D eigenvalue weighted by Crippen LogP contribution is 2.31. The molecule has 1 N–H and O–H groups in total. The molecule has 166 valence electrons. The highest BCUT2D eigenvalue weighted by Gasteiger charge is 2.19. The van der Waals surface area contributed by atoms with Crippen LogP contribution < -0.4 is 24.3 Å². The molecule has 6 nitrogen and oxygen atoms in total. The molecule has 32 heavy (non-hydrogen) atoms. The van der Waals surface area contributed by atoms with E-state index in [1.54, 1.807) is 32.4 Å². The summed E-state index contributed by atoms with van der Waals surface area (Å²) < 4.78 is 22.0. The third kappa shape index (κ3) is 5.14. The van der Waals surface area contributed by atoms with Gasteiger partial charge in [0.15, 0.2) is 11.5 Å². The summed E-state index contributed by atoms with van der Waals surface area (Å²) in [6, 6.07) is 20.7. The number of nitrogens with one attached hydrogen (secondary N) is 1. The molecule has 3 aromatic rings. The molecule has 0 aliphatic carbocycles. The Kier molecular flexibility index (Phi) is 6.80. The standard InChI is InChI=1S/C26H27NO5/c1-29-21-9-4-18(5-10-21)16-23(19-6-11-22(30-2)12-7-19)27-26(28)20-8-13-24-25(17-20)32-15-3-14-31-24/h4-13,17,23H,3,14-16H2,1-2H3,(H,27,28). The van der Waals surface area contributed by atoms with Gasteiger partial charge >= 0.3 is 0 Å². The zero-order valence-electron chi connectivity index (χ0n) is 18.3. The summed E-state index contributed by atoms with van der Waals surface area (Å²) in [6.45, 7) is 1.18. The number of rotatable bonds is 7.